The van der Waals surface area contributed by atoms with Crippen molar-refractivity contribution in [3.05, 3.63) is 34.9 Å². The van der Waals surface area contributed by atoms with Gasteiger partial charge in [0.15, 0.2) is 0 Å². The van der Waals surface area contributed by atoms with Gasteiger partial charge in [-0.1, -0.05) is 18.2 Å². The molecular weight excluding hydrogens is 362 g/mol. The van der Waals surface area contributed by atoms with Gasteiger partial charge in [-0.15, -0.1) is 0 Å². The third kappa shape index (κ3) is 6.04. The molecule has 0 aromatic heterocycles. The lowest BCUT2D eigenvalue weighted by atomic mass is 9.83. The number of carbonyl (C=O) groups excluding carboxylic acids is 1. The number of piperidine rings is 1. The molecule has 2 aliphatic rings. The lowest BCUT2D eigenvalue weighted by Crippen LogP contribution is -2.40. The molecule has 0 spiro atoms. The van der Waals surface area contributed by atoms with Gasteiger partial charge in [0, 0.05) is 13.2 Å². The van der Waals surface area contributed by atoms with E-state index in [-0.39, 0.29) is 12.5 Å². The molecule has 1 aromatic carbocycles. The molecule has 1 saturated heterocycles. The number of likely N-dealkylation sites (tertiary alicyclic amines) is 1. The molecule has 158 valence electrons. The standard InChI is InChI=1S/C24H35N3O2/c1-18-4-3-5-22(23(18)16-25)20-11-14-27(15-12-20)13-10-19-6-8-21(9-7-19)26-24(28)17-29-2/h3-5,19-21H,6-15,17H2,1-2H3,(H,26,28)/t19-,21-. The normalized spacial score (nSPS) is 23.5. The van der Waals surface area contributed by atoms with Gasteiger partial charge in [-0.05, 0) is 94.5 Å². The maximum absolute atomic E-state index is 11.7. The Morgan fingerprint density at radius 1 is 1.21 bits per heavy atom. The van der Waals surface area contributed by atoms with Crippen molar-refractivity contribution in [2.75, 3.05) is 33.4 Å². The third-order valence-corrected chi connectivity index (χ3v) is 6.79. The zero-order chi connectivity index (χ0) is 20.6. The molecule has 5 nitrogen and oxygen atoms in total. The van der Waals surface area contributed by atoms with Crippen LogP contribution in [0.1, 0.15) is 67.6 Å². The second-order valence-corrected chi connectivity index (χ2v) is 8.77. The number of amides is 1. The summed E-state index contributed by atoms with van der Waals surface area (Å²) in [5, 5.41) is 12.6. The molecule has 1 aliphatic carbocycles. The molecule has 1 saturated carbocycles. The number of benzene rings is 1. The van der Waals surface area contributed by atoms with Crippen molar-refractivity contribution in [1.82, 2.24) is 10.2 Å². The molecule has 3 rings (SSSR count). The van der Waals surface area contributed by atoms with Crippen molar-refractivity contribution in [3.63, 3.8) is 0 Å². The summed E-state index contributed by atoms with van der Waals surface area (Å²) in [6.07, 6.45) is 8.16. The Balaban J connectivity index is 1.38. The summed E-state index contributed by atoms with van der Waals surface area (Å²) in [4.78, 5) is 14.3. The monoisotopic (exact) mass is 397 g/mol. The third-order valence-electron chi connectivity index (χ3n) is 6.79. The van der Waals surface area contributed by atoms with E-state index in [1.807, 2.05) is 13.0 Å². The molecule has 1 heterocycles. The number of nitriles is 1. The average Bonchev–Trinajstić information content (AvgIpc) is 2.73. The number of methoxy groups -OCH3 is 1. The number of aryl methyl sites for hydroxylation is 1. The molecule has 1 aromatic rings. The van der Waals surface area contributed by atoms with Crippen molar-refractivity contribution < 1.29 is 9.53 Å². The van der Waals surface area contributed by atoms with E-state index in [0.717, 1.165) is 55.8 Å². The van der Waals surface area contributed by atoms with Crippen LogP contribution in [0.25, 0.3) is 0 Å². The molecular formula is C24H35N3O2. The second kappa shape index (κ2) is 10.8. The zero-order valence-electron chi connectivity index (χ0n) is 18.0. The molecule has 0 unspecified atom stereocenters. The zero-order valence-corrected chi connectivity index (χ0v) is 18.0. The predicted octanol–water partition coefficient (Wildman–Crippen LogP) is 3.76. The lowest BCUT2D eigenvalue weighted by molar-refractivity contribution is -0.125. The summed E-state index contributed by atoms with van der Waals surface area (Å²) in [6.45, 7) is 5.64. The van der Waals surface area contributed by atoms with E-state index >= 15 is 0 Å². The average molecular weight is 398 g/mol. The maximum atomic E-state index is 11.7. The maximum Gasteiger partial charge on any atom is 0.246 e. The number of carbonyl (C=O) groups is 1. The highest BCUT2D eigenvalue weighted by atomic mass is 16.5. The van der Waals surface area contributed by atoms with E-state index in [1.165, 1.54) is 31.4 Å². The van der Waals surface area contributed by atoms with Gasteiger partial charge in [0.05, 0.1) is 11.6 Å². The highest BCUT2D eigenvalue weighted by Gasteiger charge is 2.25. The van der Waals surface area contributed by atoms with E-state index in [2.05, 4.69) is 28.4 Å². The minimum Gasteiger partial charge on any atom is -0.375 e. The van der Waals surface area contributed by atoms with Crippen LogP contribution in [0.3, 0.4) is 0 Å². The Morgan fingerprint density at radius 2 is 1.93 bits per heavy atom. The van der Waals surface area contributed by atoms with Gasteiger partial charge in [-0.25, -0.2) is 0 Å². The van der Waals surface area contributed by atoms with Crippen molar-refractivity contribution in [1.29, 1.82) is 5.26 Å². The van der Waals surface area contributed by atoms with Gasteiger partial charge < -0.3 is 15.0 Å². The first-order valence-corrected chi connectivity index (χ1v) is 11.1. The molecule has 0 radical (unpaired) electrons. The van der Waals surface area contributed by atoms with Gasteiger partial charge in [-0.3, -0.25) is 4.79 Å². The van der Waals surface area contributed by atoms with Crippen LogP contribution < -0.4 is 5.32 Å². The summed E-state index contributed by atoms with van der Waals surface area (Å²) in [5.74, 6) is 1.31. The molecule has 0 bridgehead atoms. The second-order valence-electron chi connectivity index (χ2n) is 8.77. The fraction of sp³-hybridized carbons (Fsp3) is 0.667. The fourth-order valence-corrected chi connectivity index (χ4v) is 5.01. The van der Waals surface area contributed by atoms with E-state index < -0.39 is 0 Å². The van der Waals surface area contributed by atoms with Crippen molar-refractivity contribution in [2.24, 2.45) is 5.92 Å². The highest BCUT2D eigenvalue weighted by molar-refractivity contribution is 5.77. The SMILES string of the molecule is COCC(=O)N[C@H]1CC[C@H](CCN2CCC(c3cccc(C)c3C#N)CC2)CC1. The molecule has 1 N–H and O–H groups in total. The van der Waals surface area contributed by atoms with Gasteiger partial charge >= 0.3 is 0 Å². The first kappa shape index (κ1) is 21.8. The Labute approximate surface area is 175 Å². The number of hydrogen-bond acceptors (Lipinski definition) is 4. The topological polar surface area (TPSA) is 65.4 Å². The van der Waals surface area contributed by atoms with Crippen LogP contribution in [0.15, 0.2) is 18.2 Å². The van der Waals surface area contributed by atoms with Crippen LogP contribution in [0.4, 0.5) is 0 Å². The number of hydrogen-bond donors (Lipinski definition) is 1. The van der Waals surface area contributed by atoms with Gasteiger partial charge in [0.1, 0.15) is 6.61 Å². The Morgan fingerprint density at radius 3 is 2.59 bits per heavy atom. The van der Waals surface area contributed by atoms with Crippen molar-refractivity contribution >= 4 is 5.91 Å². The van der Waals surface area contributed by atoms with Gasteiger partial charge in [-0.2, -0.15) is 5.26 Å². The smallest absolute Gasteiger partial charge is 0.246 e. The Bertz CT molecular complexity index is 711. The largest absolute Gasteiger partial charge is 0.375 e. The van der Waals surface area contributed by atoms with Crippen LogP contribution in [-0.4, -0.2) is 50.2 Å². The summed E-state index contributed by atoms with van der Waals surface area (Å²) < 4.78 is 4.89. The summed E-state index contributed by atoms with van der Waals surface area (Å²) in [5.41, 5.74) is 3.24. The molecule has 0 atom stereocenters. The first-order chi connectivity index (χ1) is 14.1. The van der Waals surface area contributed by atoms with Crippen LogP contribution in [0.5, 0.6) is 0 Å². The van der Waals surface area contributed by atoms with E-state index in [4.69, 9.17) is 4.74 Å². The number of nitrogens with zero attached hydrogens (tertiary/aromatic N) is 2. The minimum absolute atomic E-state index is 0.00647. The van der Waals surface area contributed by atoms with Crippen LogP contribution in [0.2, 0.25) is 0 Å². The molecule has 1 amide bonds. The summed E-state index contributed by atoms with van der Waals surface area (Å²) in [7, 11) is 1.56. The highest BCUT2D eigenvalue weighted by Crippen LogP contribution is 2.32. The predicted molar refractivity (Wildman–Crippen MR) is 115 cm³/mol. The van der Waals surface area contributed by atoms with Crippen molar-refractivity contribution in [2.45, 2.75) is 63.8 Å². The molecule has 2 fully saturated rings. The number of rotatable bonds is 7. The number of nitrogens with one attached hydrogen (secondary N) is 1. The number of ether oxygens (including phenoxy) is 1. The van der Waals surface area contributed by atoms with E-state index in [0.29, 0.717) is 12.0 Å². The Kier molecular flexibility index (Phi) is 8.09. The summed E-state index contributed by atoms with van der Waals surface area (Å²) >= 11 is 0. The molecule has 29 heavy (non-hydrogen) atoms. The minimum atomic E-state index is 0.00647. The van der Waals surface area contributed by atoms with E-state index in [1.54, 1.807) is 7.11 Å². The Hall–Kier alpha value is -1.90. The van der Waals surface area contributed by atoms with Crippen molar-refractivity contribution in [3.8, 4) is 6.07 Å². The molecule has 1 aliphatic heterocycles. The van der Waals surface area contributed by atoms with E-state index in [9.17, 15) is 10.1 Å². The first-order valence-electron chi connectivity index (χ1n) is 11.1. The van der Waals surface area contributed by atoms with Crippen LogP contribution >= 0.6 is 0 Å². The van der Waals surface area contributed by atoms with Crippen LogP contribution in [0, 0.1) is 24.2 Å². The quantitative estimate of drug-likeness (QED) is 0.761. The van der Waals surface area contributed by atoms with Gasteiger partial charge in [0.2, 0.25) is 5.91 Å². The summed E-state index contributed by atoms with van der Waals surface area (Å²) in [6, 6.07) is 9.02. The molecule has 5 heteroatoms. The fourth-order valence-electron chi connectivity index (χ4n) is 5.01. The van der Waals surface area contributed by atoms with Crippen LogP contribution in [-0.2, 0) is 9.53 Å². The lowest BCUT2D eigenvalue weighted by Gasteiger charge is -2.35. The van der Waals surface area contributed by atoms with Gasteiger partial charge in [0.25, 0.3) is 0 Å².